The lowest BCUT2D eigenvalue weighted by Gasteiger charge is -2.14. The summed E-state index contributed by atoms with van der Waals surface area (Å²) in [6, 6.07) is -1.38. The van der Waals surface area contributed by atoms with Gasteiger partial charge in [-0.05, 0) is 70.3 Å². The van der Waals surface area contributed by atoms with Crippen molar-refractivity contribution in [3.8, 4) is 0 Å². The van der Waals surface area contributed by atoms with Crippen LogP contribution in [0.2, 0.25) is 0 Å². The van der Waals surface area contributed by atoms with Crippen molar-refractivity contribution in [2.45, 2.75) is 167 Å². The molecule has 0 aromatic heterocycles. The van der Waals surface area contributed by atoms with Gasteiger partial charge in [0.25, 0.3) is 0 Å². The molecule has 0 heterocycles. The number of carboxylic acid groups (broad SMARTS) is 1. The summed E-state index contributed by atoms with van der Waals surface area (Å²) in [7, 11) is 0. The van der Waals surface area contributed by atoms with E-state index in [9.17, 15) is 19.2 Å². The van der Waals surface area contributed by atoms with Crippen molar-refractivity contribution in [1.29, 1.82) is 0 Å². The average molecular weight is 715 g/mol. The van der Waals surface area contributed by atoms with Gasteiger partial charge in [-0.15, -0.1) is 0 Å². The Morgan fingerprint density at radius 3 is 1.80 bits per heavy atom. The van der Waals surface area contributed by atoms with E-state index in [4.69, 9.17) is 14.9 Å². The molecule has 2 unspecified atom stereocenters. The maximum atomic E-state index is 12.6. The second-order valence-corrected chi connectivity index (χ2v) is 13.0. The first kappa shape index (κ1) is 47.5. The van der Waals surface area contributed by atoms with Crippen molar-refractivity contribution >= 4 is 23.8 Å². The number of unbranched alkanes of at least 4 members (excludes halogenated alkanes) is 12. The number of aliphatic carboxylic acids is 1. The van der Waals surface area contributed by atoms with Gasteiger partial charge >= 0.3 is 11.9 Å². The second-order valence-electron chi connectivity index (χ2n) is 13.0. The molecule has 0 spiro atoms. The molecule has 0 aliphatic carbocycles. The molecule has 0 aliphatic rings. The van der Waals surface area contributed by atoms with Gasteiger partial charge in [0.05, 0.1) is 13.2 Å². The first-order valence-electron chi connectivity index (χ1n) is 19.7. The molecule has 0 rings (SSSR count). The predicted octanol–water partition coefficient (Wildman–Crippen LogP) is 8.98. The highest BCUT2D eigenvalue weighted by Crippen LogP contribution is 2.15. The van der Waals surface area contributed by atoms with Gasteiger partial charge in [0, 0.05) is 12.8 Å². The van der Waals surface area contributed by atoms with Gasteiger partial charge in [-0.2, -0.15) is 0 Å². The minimum Gasteiger partial charge on any atom is -0.480 e. The van der Waals surface area contributed by atoms with Crippen LogP contribution in [0.1, 0.15) is 155 Å². The van der Waals surface area contributed by atoms with Gasteiger partial charge in [0.1, 0.15) is 12.1 Å². The van der Waals surface area contributed by atoms with Crippen molar-refractivity contribution < 1.29 is 34.1 Å². The van der Waals surface area contributed by atoms with Gasteiger partial charge in [0.2, 0.25) is 11.8 Å². The summed E-state index contributed by atoms with van der Waals surface area (Å²) in [6.07, 6.45) is 42.7. The predicted molar refractivity (Wildman–Crippen MR) is 208 cm³/mol. The van der Waals surface area contributed by atoms with Crippen molar-refractivity contribution in [1.82, 2.24) is 10.6 Å². The number of esters is 1. The van der Waals surface area contributed by atoms with Crippen molar-refractivity contribution in [3.05, 3.63) is 60.8 Å². The molecule has 0 radical (unpaired) electrons. The Bertz CT molecular complexity index is 1050. The molecule has 0 aliphatic heterocycles. The molecule has 290 valence electrons. The number of carbonyl (C=O) groups is 4. The van der Waals surface area contributed by atoms with E-state index < -0.39 is 24.5 Å². The molecule has 2 amide bonds. The number of allylic oxidation sites excluding steroid dienone is 9. The van der Waals surface area contributed by atoms with Gasteiger partial charge in [-0.3, -0.25) is 14.4 Å². The Morgan fingerprint density at radius 1 is 0.627 bits per heavy atom. The van der Waals surface area contributed by atoms with Crippen LogP contribution >= 0.6 is 0 Å². The van der Waals surface area contributed by atoms with Crippen molar-refractivity contribution in [2.75, 3.05) is 13.2 Å². The highest BCUT2D eigenvalue weighted by molar-refractivity contribution is 5.87. The summed E-state index contributed by atoms with van der Waals surface area (Å²) in [5.74, 6) is -2.42. The number of hydrogen-bond acceptors (Lipinski definition) is 6. The monoisotopic (exact) mass is 715 g/mol. The van der Waals surface area contributed by atoms with E-state index in [1.807, 2.05) is 0 Å². The van der Waals surface area contributed by atoms with Crippen LogP contribution in [0.4, 0.5) is 0 Å². The molecule has 2 atom stereocenters. The van der Waals surface area contributed by atoms with Crippen molar-refractivity contribution in [2.24, 2.45) is 0 Å². The maximum Gasteiger partial charge on any atom is 0.328 e. The maximum absolute atomic E-state index is 12.6. The summed E-state index contributed by atoms with van der Waals surface area (Å²) < 4.78 is 5.88. The van der Waals surface area contributed by atoms with Crippen LogP contribution in [0, 0.1) is 0 Å². The second kappa shape index (κ2) is 36.3. The lowest BCUT2D eigenvalue weighted by atomic mass is 10.0. The van der Waals surface area contributed by atoms with Crippen LogP contribution in [-0.4, -0.2) is 59.3 Å². The van der Waals surface area contributed by atoms with E-state index in [-0.39, 0.29) is 30.9 Å². The van der Waals surface area contributed by atoms with Gasteiger partial charge in [0.15, 0.2) is 0 Å². The van der Waals surface area contributed by atoms with Crippen LogP contribution < -0.4 is 10.6 Å². The molecule has 51 heavy (non-hydrogen) atoms. The van der Waals surface area contributed by atoms with E-state index in [0.717, 1.165) is 77.0 Å². The molecule has 9 nitrogen and oxygen atoms in total. The molecular formula is C42H70N2O7. The fourth-order valence-corrected chi connectivity index (χ4v) is 5.22. The summed E-state index contributed by atoms with van der Waals surface area (Å²) in [4.78, 5) is 47.3. The SMILES string of the molecule is CC/C=C\C/C=C\C/C=C\C/C=C\CCC(=O)OC(/C=C\CCCCCCCCC)CCCCCCCCC(=O)NCC(=O)NC(CO)C(=O)O. The van der Waals surface area contributed by atoms with E-state index in [1.54, 1.807) is 0 Å². The summed E-state index contributed by atoms with van der Waals surface area (Å²) in [5.41, 5.74) is 0. The van der Waals surface area contributed by atoms with Gasteiger partial charge in [-0.1, -0.05) is 133 Å². The zero-order valence-corrected chi connectivity index (χ0v) is 31.8. The van der Waals surface area contributed by atoms with Gasteiger partial charge in [-0.25, -0.2) is 4.79 Å². The summed E-state index contributed by atoms with van der Waals surface area (Å²) >= 11 is 0. The van der Waals surface area contributed by atoms with Crippen molar-refractivity contribution in [3.63, 3.8) is 0 Å². The first-order valence-corrected chi connectivity index (χ1v) is 19.7. The number of carboxylic acids is 1. The van der Waals surface area contributed by atoms with Crippen LogP contribution in [0.15, 0.2) is 60.8 Å². The highest BCUT2D eigenvalue weighted by atomic mass is 16.5. The van der Waals surface area contributed by atoms with Gasteiger partial charge < -0.3 is 25.6 Å². The lowest BCUT2D eigenvalue weighted by Crippen LogP contribution is -2.47. The Labute approximate surface area is 309 Å². The van der Waals surface area contributed by atoms with E-state index in [1.165, 1.54) is 38.5 Å². The molecule has 0 aromatic rings. The number of nitrogens with one attached hydrogen (secondary N) is 2. The molecule has 0 fully saturated rings. The fraction of sp³-hybridized carbons (Fsp3) is 0.667. The molecule has 0 aromatic carbocycles. The molecule has 0 saturated carbocycles. The quantitative estimate of drug-likeness (QED) is 0.0296. The smallest absolute Gasteiger partial charge is 0.328 e. The van der Waals surface area contributed by atoms with E-state index >= 15 is 0 Å². The number of hydrogen-bond donors (Lipinski definition) is 4. The van der Waals surface area contributed by atoms with Crippen LogP contribution in [0.5, 0.6) is 0 Å². The Morgan fingerprint density at radius 2 is 1.20 bits per heavy atom. The lowest BCUT2D eigenvalue weighted by molar-refractivity contribution is -0.147. The zero-order chi connectivity index (χ0) is 37.6. The van der Waals surface area contributed by atoms with Crippen LogP contribution in [0.25, 0.3) is 0 Å². The normalized spacial score (nSPS) is 13.2. The van der Waals surface area contributed by atoms with Crippen LogP contribution in [0.3, 0.4) is 0 Å². The number of rotatable bonds is 34. The zero-order valence-electron chi connectivity index (χ0n) is 31.8. The molecule has 0 saturated heterocycles. The number of aliphatic hydroxyl groups excluding tert-OH is 1. The Balaban J connectivity index is 4.41. The number of aliphatic hydroxyl groups is 1. The molecular weight excluding hydrogens is 644 g/mol. The largest absolute Gasteiger partial charge is 0.480 e. The standard InChI is InChI=1S/C42H70N2O7/c1-3-5-7-9-11-13-14-15-16-18-20-26-30-34-41(48)51-37(31-27-23-19-17-12-10-8-6-4-2)32-28-24-21-22-25-29-33-39(46)43-35-40(47)44-38(36-45)42(49)50/h5,7,11,13,15-16,20,26-27,31,37-38,45H,3-4,6,8-10,12,14,17-19,21-25,28-30,32-36H2,1-2H3,(H,43,46)(H,44,47)(H,49,50)/b7-5-,13-11-,16-15-,26-20-,31-27-. The number of amides is 2. The van der Waals surface area contributed by atoms with E-state index in [0.29, 0.717) is 19.3 Å². The molecule has 0 bridgehead atoms. The number of ether oxygens (including phenoxy) is 1. The fourth-order valence-electron chi connectivity index (χ4n) is 5.22. The average Bonchev–Trinajstić information content (AvgIpc) is 3.11. The summed E-state index contributed by atoms with van der Waals surface area (Å²) in [5, 5.41) is 22.5. The van der Waals surface area contributed by atoms with Crippen LogP contribution in [-0.2, 0) is 23.9 Å². The summed E-state index contributed by atoms with van der Waals surface area (Å²) in [6.45, 7) is 3.33. The minimum atomic E-state index is -1.38. The molecule has 9 heteroatoms. The minimum absolute atomic E-state index is 0.158. The third kappa shape index (κ3) is 33.4. The molecule has 4 N–H and O–H groups in total. The Hall–Kier alpha value is -3.46. The topological polar surface area (TPSA) is 142 Å². The van der Waals surface area contributed by atoms with E-state index in [2.05, 4.69) is 85.2 Å². The third-order valence-electron chi connectivity index (χ3n) is 8.25. The Kier molecular flexibility index (Phi) is 33.9. The highest BCUT2D eigenvalue weighted by Gasteiger charge is 2.18. The first-order chi connectivity index (χ1) is 24.8. The third-order valence-corrected chi connectivity index (χ3v) is 8.25. The number of carbonyl (C=O) groups excluding carboxylic acids is 3.